The van der Waals surface area contributed by atoms with Crippen LogP contribution >= 0.6 is 0 Å². The summed E-state index contributed by atoms with van der Waals surface area (Å²) in [6, 6.07) is 4.10. The Bertz CT molecular complexity index is 878. The number of nitrogens with zero attached hydrogens (tertiary/aromatic N) is 1. The Balaban J connectivity index is 1.85. The van der Waals surface area contributed by atoms with Crippen LogP contribution in [0.15, 0.2) is 17.7 Å². The average molecular weight is 416 g/mol. The summed E-state index contributed by atoms with van der Waals surface area (Å²) in [5.74, 6) is -0.0749. The molecule has 2 heterocycles. The Morgan fingerprint density at radius 3 is 2.63 bits per heavy atom. The van der Waals surface area contributed by atoms with Gasteiger partial charge in [0, 0.05) is 35.8 Å². The molecule has 0 amide bonds. The maximum Gasteiger partial charge on any atom is 0.335 e. The fraction of sp³-hybridized carbons (Fsp3) is 0.583. The van der Waals surface area contributed by atoms with Gasteiger partial charge in [-0.2, -0.15) is 0 Å². The van der Waals surface area contributed by atoms with Gasteiger partial charge in [-0.3, -0.25) is 4.79 Å². The van der Waals surface area contributed by atoms with Gasteiger partial charge < -0.3 is 19.5 Å². The molecule has 0 saturated carbocycles. The molecule has 6 heteroatoms. The Hall–Kier alpha value is -2.50. The van der Waals surface area contributed by atoms with E-state index in [9.17, 15) is 14.7 Å². The fourth-order valence-electron chi connectivity index (χ4n) is 4.47. The molecule has 1 aromatic carbocycles. The van der Waals surface area contributed by atoms with E-state index in [1.807, 2.05) is 26.8 Å². The lowest BCUT2D eigenvalue weighted by Crippen LogP contribution is -2.49. The van der Waals surface area contributed by atoms with E-state index in [2.05, 4.69) is 31.7 Å². The van der Waals surface area contributed by atoms with Crippen molar-refractivity contribution in [3.63, 3.8) is 0 Å². The van der Waals surface area contributed by atoms with Gasteiger partial charge in [-0.05, 0) is 71.1 Å². The molecular formula is C24H33NO5. The van der Waals surface area contributed by atoms with Crippen molar-refractivity contribution < 1.29 is 24.2 Å². The number of anilines is 1. The molecule has 0 spiro atoms. The summed E-state index contributed by atoms with van der Waals surface area (Å²) in [5, 5.41) is 9.28. The standard InChI is InChI=1S/C24H33NO5/c1-15-13-24(5,6)25(9-7-8-21(26)30-23(2,3)4)19-12-20-16(11-18(15)19)10-17(14-29-20)22(27)28/h10-12,15H,7-9,13-14H2,1-6H3,(H,27,28). The second-order valence-electron chi connectivity index (χ2n) is 9.97. The molecule has 0 bridgehead atoms. The zero-order chi connectivity index (χ0) is 22.3. The van der Waals surface area contributed by atoms with Crippen molar-refractivity contribution in [2.24, 2.45) is 0 Å². The summed E-state index contributed by atoms with van der Waals surface area (Å²) in [5.41, 5.74) is 2.84. The number of benzene rings is 1. The van der Waals surface area contributed by atoms with E-state index in [4.69, 9.17) is 9.47 Å². The van der Waals surface area contributed by atoms with Crippen molar-refractivity contribution in [2.75, 3.05) is 18.1 Å². The van der Waals surface area contributed by atoms with Crippen LogP contribution in [0, 0.1) is 0 Å². The second kappa shape index (κ2) is 7.97. The Kier molecular flexibility index (Phi) is 5.89. The Morgan fingerprint density at radius 1 is 1.30 bits per heavy atom. The third-order valence-corrected chi connectivity index (χ3v) is 5.69. The van der Waals surface area contributed by atoms with Gasteiger partial charge in [-0.15, -0.1) is 0 Å². The van der Waals surface area contributed by atoms with Gasteiger partial charge in [0.1, 0.15) is 18.0 Å². The van der Waals surface area contributed by atoms with Crippen LogP contribution in [0.2, 0.25) is 0 Å². The van der Waals surface area contributed by atoms with Gasteiger partial charge in [0.15, 0.2) is 0 Å². The maximum atomic E-state index is 12.1. The first-order chi connectivity index (χ1) is 13.9. The molecule has 30 heavy (non-hydrogen) atoms. The number of hydrogen-bond donors (Lipinski definition) is 1. The fourth-order valence-corrected chi connectivity index (χ4v) is 4.47. The van der Waals surface area contributed by atoms with Gasteiger partial charge >= 0.3 is 11.9 Å². The molecule has 2 aliphatic heterocycles. The molecule has 164 valence electrons. The quantitative estimate of drug-likeness (QED) is 0.699. The summed E-state index contributed by atoms with van der Waals surface area (Å²) >= 11 is 0. The highest BCUT2D eigenvalue weighted by atomic mass is 16.6. The summed E-state index contributed by atoms with van der Waals surface area (Å²) in [6.45, 7) is 13.1. The van der Waals surface area contributed by atoms with E-state index in [1.165, 1.54) is 5.56 Å². The molecule has 1 atom stereocenters. The van der Waals surface area contributed by atoms with Crippen molar-refractivity contribution >= 4 is 23.7 Å². The van der Waals surface area contributed by atoms with Gasteiger partial charge in [0.25, 0.3) is 0 Å². The molecule has 1 N–H and O–H groups in total. The molecule has 6 nitrogen and oxygen atoms in total. The highest BCUT2D eigenvalue weighted by Gasteiger charge is 2.37. The normalized spacial score (nSPS) is 19.9. The van der Waals surface area contributed by atoms with Crippen LogP contribution in [0.1, 0.15) is 77.8 Å². The molecule has 2 aliphatic rings. The summed E-state index contributed by atoms with van der Waals surface area (Å²) in [4.78, 5) is 25.8. The number of aliphatic carboxylic acids is 1. The highest BCUT2D eigenvalue weighted by molar-refractivity contribution is 5.94. The van der Waals surface area contributed by atoms with E-state index in [0.717, 1.165) is 24.2 Å². The molecule has 0 radical (unpaired) electrons. The van der Waals surface area contributed by atoms with Gasteiger partial charge in [0.2, 0.25) is 0 Å². The van der Waals surface area contributed by atoms with Crippen molar-refractivity contribution in [3.05, 3.63) is 28.8 Å². The number of rotatable bonds is 5. The number of ether oxygens (including phenoxy) is 2. The third-order valence-electron chi connectivity index (χ3n) is 5.69. The minimum atomic E-state index is -0.948. The van der Waals surface area contributed by atoms with Crippen LogP contribution < -0.4 is 9.64 Å². The summed E-state index contributed by atoms with van der Waals surface area (Å²) in [7, 11) is 0. The van der Waals surface area contributed by atoms with Gasteiger partial charge in [-0.1, -0.05) is 6.92 Å². The molecule has 1 aromatic rings. The van der Waals surface area contributed by atoms with Crippen LogP contribution in [0.4, 0.5) is 5.69 Å². The first-order valence-electron chi connectivity index (χ1n) is 10.6. The van der Waals surface area contributed by atoms with Crippen LogP contribution in [0.3, 0.4) is 0 Å². The van der Waals surface area contributed by atoms with Crippen LogP contribution in [0.25, 0.3) is 6.08 Å². The van der Waals surface area contributed by atoms with E-state index < -0.39 is 11.6 Å². The molecule has 1 unspecified atom stereocenters. The van der Waals surface area contributed by atoms with Crippen molar-refractivity contribution in [3.8, 4) is 5.75 Å². The first-order valence-corrected chi connectivity index (χ1v) is 10.6. The zero-order valence-electron chi connectivity index (χ0n) is 18.9. The van der Waals surface area contributed by atoms with E-state index in [-0.39, 0.29) is 23.7 Å². The lowest BCUT2D eigenvalue weighted by Gasteiger charge is -2.48. The predicted molar refractivity (Wildman–Crippen MR) is 117 cm³/mol. The smallest absolute Gasteiger partial charge is 0.335 e. The lowest BCUT2D eigenvalue weighted by atomic mass is 9.79. The molecule has 3 rings (SSSR count). The lowest BCUT2D eigenvalue weighted by molar-refractivity contribution is -0.154. The second-order valence-corrected chi connectivity index (χ2v) is 9.97. The van der Waals surface area contributed by atoms with E-state index in [1.54, 1.807) is 6.08 Å². The Labute approximate surface area is 178 Å². The third kappa shape index (κ3) is 4.79. The number of carbonyl (C=O) groups excluding carboxylic acids is 1. The van der Waals surface area contributed by atoms with Crippen molar-refractivity contribution in [1.29, 1.82) is 0 Å². The number of fused-ring (bicyclic) bond motifs is 2. The number of hydrogen-bond acceptors (Lipinski definition) is 5. The molecule has 0 fully saturated rings. The van der Waals surface area contributed by atoms with E-state index >= 15 is 0 Å². The van der Waals surface area contributed by atoms with Gasteiger partial charge in [-0.25, -0.2) is 4.79 Å². The average Bonchev–Trinajstić information content (AvgIpc) is 2.60. The number of carboxylic acid groups (broad SMARTS) is 1. The summed E-state index contributed by atoms with van der Waals surface area (Å²) < 4.78 is 11.2. The van der Waals surface area contributed by atoms with E-state index in [0.29, 0.717) is 24.5 Å². The van der Waals surface area contributed by atoms with Gasteiger partial charge in [0.05, 0.1) is 5.57 Å². The summed E-state index contributed by atoms with van der Waals surface area (Å²) in [6.07, 6.45) is 3.76. The van der Waals surface area contributed by atoms with Crippen molar-refractivity contribution in [1.82, 2.24) is 0 Å². The number of esters is 1. The van der Waals surface area contributed by atoms with Crippen molar-refractivity contribution in [2.45, 2.75) is 77.9 Å². The monoisotopic (exact) mass is 415 g/mol. The Morgan fingerprint density at radius 2 is 2.00 bits per heavy atom. The number of carbonyl (C=O) groups is 2. The first kappa shape index (κ1) is 22.2. The molecule has 0 saturated heterocycles. The zero-order valence-corrected chi connectivity index (χ0v) is 18.9. The highest BCUT2D eigenvalue weighted by Crippen LogP contribution is 2.46. The molecular weight excluding hydrogens is 382 g/mol. The molecule has 0 aromatic heterocycles. The van der Waals surface area contributed by atoms with Crippen LogP contribution in [0.5, 0.6) is 5.75 Å². The number of carboxylic acids is 1. The maximum absolute atomic E-state index is 12.1. The van der Waals surface area contributed by atoms with Crippen LogP contribution in [-0.4, -0.2) is 41.3 Å². The van der Waals surface area contributed by atoms with Crippen LogP contribution in [-0.2, 0) is 14.3 Å². The SMILES string of the molecule is CC1CC(C)(C)N(CCCC(=O)OC(C)(C)C)c2cc3c(cc21)C=C(C(=O)O)CO3. The predicted octanol–water partition coefficient (Wildman–Crippen LogP) is 4.76. The topological polar surface area (TPSA) is 76.1 Å². The molecule has 0 aliphatic carbocycles. The minimum Gasteiger partial charge on any atom is -0.488 e. The largest absolute Gasteiger partial charge is 0.488 e. The minimum absolute atomic E-state index is 0.0642.